The average Bonchev–Trinajstić information content (AvgIpc) is 3.37. The normalized spacial score (nSPS) is 16.9. The molecule has 0 aromatic carbocycles. The van der Waals surface area contributed by atoms with Crippen LogP contribution in [0.3, 0.4) is 0 Å². The Labute approximate surface area is 191 Å². The van der Waals surface area contributed by atoms with Crippen LogP contribution in [0.5, 0.6) is 0 Å². The Bertz CT molecular complexity index is 1000. The minimum atomic E-state index is -0.386. The number of hydrogen-bond donors (Lipinski definition) is 2. The molecule has 1 aliphatic carbocycles. The molecule has 0 unspecified atom stereocenters. The zero-order valence-electron chi connectivity index (χ0n) is 18.5. The van der Waals surface area contributed by atoms with Crippen LogP contribution in [-0.2, 0) is 22.4 Å². The van der Waals surface area contributed by atoms with Crippen molar-refractivity contribution in [2.75, 3.05) is 32.1 Å². The fourth-order valence-electron chi connectivity index (χ4n) is 4.43. The summed E-state index contributed by atoms with van der Waals surface area (Å²) in [6, 6.07) is 1.83. The molecule has 0 saturated carbocycles. The minimum absolute atomic E-state index is 0.0567. The monoisotopic (exact) mass is 459 g/mol. The second kappa shape index (κ2) is 9.87. The van der Waals surface area contributed by atoms with E-state index in [9.17, 15) is 14.4 Å². The molecule has 0 radical (unpaired) electrons. The van der Waals surface area contributed by atoms with Crippen molar-refractivity contribution in [2.45, 2.75) is 51.5 Å². The van der Waals surface area contributed by atoms with E-state index < -0.39 is 0 Å². The van der Waals surface area contributed by atoms with Gasteiger partial charge in [-0.3, -0.25) is 14.5 Å². The lowest BCUT2D eigenvalue weighted by Crippen LogP contribution is -2.46. The molecular formula is C23H29N3O5S. The molecule has 0 bridgehead atoms. The molecule has 172 valence electrons. The summed E-state index contributed by atoms with van der Waals surface area (Å²) in [4.78, 5) is 40.7. The standard InChI is InChI=1S/C23H29N3O5S/c1-14-9-12-31-20(14)21(28)24-15-7-10-26(11-8-15)13-18(27)25-22-19(23(29)30-2)16-5-3-4-6-17(16)32-22/h9,12,15H,3-8,10-11,13H2,1-2H3,(H,24,28)(H,25,27). The third kappa shape index (κ3) is 4.88. The number of carbonyl (C=O) groups is 3. The van der Waals surface area contributed by atoms with Crippen molar-refractivity contribution in [1.29, 1.82) is 0 Å². The highest BCUT2D eigenvalue weighted by atomic mass is 32.1. The van der Waals surface area contributed by atoms with Crippen LogP contribution in [0, 0.1) is 6.92 Å². The van der Waals surface area contributed by atoms with Gasteiger partial charge in [0, 0.05) is 29.6 Å². The minimum Gasteiger partial charge on any atom is -0.465 e. The maximum absolute atomic E-state index is 12.7. The fraction of sp³-hybridized carbons (Fsp3) is 0.522. The van der Waals surface area contributed by atoms with Crippen LogP contribution < -0.4 is 10.6 Å². The van der Waals surface area contributed by atoms with Gasteiger partial charge in [-0.05, 0) is 57.1 Å². The summed E-state index contributed by atoms with van der Waals surface area (Å²) in [5, 5.41) is 6.58. The number of nitrogens with zero attached hydrogens (tertiary/aromatic N) is 1. The first-order valence-corrected chi connectivity index (χ1v) is 11.9. The molecule has 2 amide bonds. The predicted octanol–water partition coefficient (Wildman–Crippen LogP) is 3.15. The average molecular weight is 460 g/mol. The van der Waals surface area contributed by atoms with E-state index in [0.29, 0.717) is 29.4 Å². The van der Waals surface area contributed by atoms with Gasteiger partial charge in [0.2, 0.25) is 5.91 Å². The zero-order chi connectivity index (χ0) is 22.7. The van der Waals surface area contributed by atoms with E-state index in [2.05, 4.69) is 15.5 Å². The van der Waals surface area contributed by atoms with E-state index in [1.165, 1.54) is 29.6 Å². The molecule has 1 fully saturated rings. The van der Waals surface area contributed by atoms with Crippen LogP contribution >= 0.6 is 11.3 Å². The van der Waals surface area contributed by atoms with E-state index in [0.717, 1.165) is 49.7 Å². The Hall–Kier alpha value is -2.65. The summed E-state index contributed by atoms with van der Waals surface area (Å²) in [7, 11) is 1.37. The number of hydrogen-bond acceptors (Lipinski definition) is 7. The van der Waals surface area contributed by atoms with Gasteiger partial charge in [0.05, 0.1) is 25.5 Å². The van der Waals surface area contributed by atoms with Gasteiger partial charge in [-0.2, -0.15) is 0 Å². The highest BCUT2D eigenvalue weighted by molar-refractivity contribution is 7.17. The first kappa shape index (κ1) is 22.5. The highest BCUT2D eigenvalue weighted by Gasteiger charge is 2.28. The number of ether oxygens (including phenoxy) is 1. The van der Waals surface area contributed by atoms with Crippen molar-refractivity contribution in [3.05, 3.63) is 39.7 Å². The molecule has 2 N–H and O–H groups in total. The maximum atomic E-state index is 12.7. The lowest BCUT2D eigenvalue weighted by atomic mass is 9.95. The first-order chi connectivity index (χ1) is 15.5. The molecule has 32 heavy (non-hydrogen) atoms. The second-order valence-electron chi connectivity index (χ2n) is 8.41. The number of anilines is 1. The molecule has 3 heterocycles. The zero-order valence-corrected chi connectivity index (χ0v) is 19.3. The molecular weight excluding hydrogens is 430 g/mol. The number of furan rings is 1. The van der Waals surface area contributed by atoms with Gasteiger partial charge in [-0.25, -0.2) is 4.79 Å². The fourth-order valence-corrected chi connectivity index (χ4v) is 5.73. The molecule has 0 atom stereocenters. The molecule has 4 rings (SSSR count). The quantitative estimate of drug-likeness (QED) is 0.644. The third-order valence-electron chi connectivity index (χ3n) is 6.17. The lowest BCUT2D eigenvalue weighted by molar-refractivity contribution is -0.117. The van der Waals surface area contributed by atoms with Gasteiger partial charge >= 0.3 is 5.97 Å². The van der Waals surface area contributed by atoms with Gasteiger partial charge < -0.3 is 19.8 Å². The number of piperidine rings is 1. The van der Waals surface area contributed by atoms with E-state index in [-0.39, 0.29) is 30.4 Å². The Morgan fingerprint density at radius 2 is 1.97 bits per heavy atom. The molecule has 1 saturated heterocycles. The predicted molar refractivity (Wildman–Crippen MR) is 121 cm³/mol. The van der Waals surface area contributed by atoms with Gasteiger partial charge in [-0.15, -0.1) is 11.3 Å². The number of amides is 2. The summed E-state index contributed by atoms with van der Waals surface area (Å²) in [6.07, 6.45) is 6.98. The van der Waals surface area contributed by atoms with E-state index in [4.69, 9.17) is 9.15 Å². The molecule has 9 heteroatoms. The van der Waals surface area contributed by atoms with Crippen LogP contribution in [0.2, 0.25) is 0 Å². The lowest BCUT2D eigenvalue weighted by Gasteiger charge is -2.31. The van der Waals surface area contributed by atoms with Crippen molar-refractivity contribution in [1.82, 2.24) is 10.2 Å². The van der Waals surface area contributed by atoms with Gasteiger partial charge in [-0.1, -0.05) is 0 Å². The van der Waals surface area contributed by atoms with Crippen LogP contribution in [0.15, 0.2) is 16.7 Å². The van der Waals surface area contributed by atoms with Crippen molar-refractivity contribution >= 4 is 34.1 Å². The summed E-state index contributed by atoms with van der Waals surface area (Å²) in [5.41, 5.74) is 2.38. The van der Waals surface area contributed by atoms with Crippen LogP contribution in [0.4, 0.5) is 5.00 Å². The van der Waals surface area contributed by atoms with Crippen molar-refractivity contribution in [2.24, 2.45) is 0 Å². The number of methoxy groups -OCH3 is 1. The second-order valence-corrected chi connectivity index (χ2v) is 9.52. The van der Waals surface area contributed by atoms with Gasteiger partial charge in [0.15, 0.2) is 5.76 Å². The smallest absolute Gasteiger partial charge is 0.341 e. The molecule has 1 aliphatic heterocycles. The summed E-state index contributed by atoms with van der Waals surface area (Å²) >= 11 is 1.50. The molecule has 0 spiro atoms. The number of likely N-dealkylation sites (tertiary alicyclic amines) is 1. The Balaban J connectivity index is 1.30. The summed E-state index contributed by atoms with van der Waals surface area (Å²) in [5.74, 6) is -0.363. The van der Waals surface area contributed by atoms with Crippen LogP contribution in [-0.4, -0.2) is 55.5 Å². The largest absolute Gasteiger partial charge is 0.465 e. The summed E-state index contributed by atoms with van der Waals surface area (Å²) < 4.78 is 10.2. The number of aryl methyl sites for hydroxylation is 2. The van der Waals surface area contributed by atoms with Gasteiger partial charge in [0.25, 0.3) is 5.91 Å². The van der Waals surface area contributed by atoms with Crippen molar-refractivity contribution in [3.8, 4) is 0 Å². The van der Waals surface area contributed by atoms with Crippen LogP contribution in [0.1, 0.15) is 62.6 Å². The molecule has 2 aliphatic rings. The van der Waals surface area contributed by atoms with Gasteiger partial charge in [0.1, 0.15) is 5.00 Å². The SMILES string of the molecule is COC(=O)c1c(NC(=O)CN2CCC(NC(=O)c3occc3C)CC2)sc2c1CCCC2. The topological polar surface area (TPSA) is 101 Å². The van der Waals surface area contributed by atoms with Crippen molar-refractivity contribution < 1.29 is 23.5 Å². The maximum Gasteiger partial charge on any atom is 0.341 e. The molecule has 2 aromatic heterocycles. The first-order valence-electron chi connectivity index (χ1n) is 11.1. The third-order valence-corrected chi connectivity index (χ3v) is 7.38. The van der Waals surface area contributed by atoms with Crippen molar-refractivity contribution in [3.63, 3.8) is 0 Å². The Kier molecular flexibility index (Phi) is 6.95. The number of fused-ring (bicyclic) bond motifs is 1. The van der Waals surface area contributed by atoms with E-state index in [1.807, 2.05) is 6.92 Å². The highest BCUT2D eigenvalue weighted by Crippen LogP contribution is 2.38. The number of thiophene rings is 1. The Morgan fingerprint density at radius 3 is 2.66 bits per heavy atom. The number of esters is 1. The Morgan fingerprint density at radius 1 is 1.22 bits per heavy atom. The van der Waals surface area contributed by atoms with E-state index >= 15 is 0 Å². The molecule has 8 nitrogen and oxygen atoms in total. The van der Waals surface area contributed by atoms with E-state index in [1.54, 1.807) is 6.07 Å². The molecule has 2 aromatic rings. The summed E-state index contributed by atoms with van der Waals surface area (Å²) in [6.45, 7) is 3.51. The number of carbonyl (C=O) groups excluding carboxylic acids is 3. The number of nitrogens with one attached hydrogen (secondary N) is 2. The van der Waals surface area contributed by atoms with Crippen LogP contribution in [0.25, 0.3) is 0 Å². The number of rotatable bonds is 6.